The summed E-state index contributed by atoms with van der Waals surface area (Å²) < 4.78 is 18.8. The summed E-state index contributed by atoms with van der Waals surface area (Å²) in [5, 5.41) is 2.22. The van der Waals surface area contributed by atoms with E-state index < -0.39 is 11.4 Å². The lowest BCUT2D eigenvalue weighted by Gasteiger charge is -2.51. The van der Waals surface area contributed by atoms with E-state index in [4.69, 9.17) is 4.74 Å². The summed E-state index contributed by atoms with van der Waals surface area (Å²) in [4.78, 5) is 38.5. The Hall–Kier alpha value is -2.75. The Labute approximate surface area is 158 Å². The predicted octanol–water partition coefficient (Wildman–Crippen LogP) is 1.21. The van der Waals surface area contributed by atoms with Gasteiger partial charge in [-0.3, -0.25) is 9.69 Å². The van der Waals surface area contributed by atoms with E-state index >= 15 is 0 Å². The number of hydrogen-bond donors (Lipinski definition) is 0. The molecule has 0 aromatic carbocycles. The third kappa shape index (κ3) is 2.54. The highest BCUT2D eigenvalue weighted by Crippen LogP contribution is 2.41. The third-order valence-corrected chi connectivity index (χ3v) is 6.13. The van der Waals surface area contributed by atoms with Gasteiger partial charge in [-0.1, -0.05) is 0 Å². The van der Waals surface area contributed by atoms with Crippen LogP contribution in [0.2, 0.25) is 0 Å². The van der Waals surface area contributed by atoms with E-state index in [1.54, 1.807) is 27.4 Å². The van der Waals surface area contributed by atoms with Crippen LogP contribution in [0.25, 0.3) is 0 Å². The van der Waals surface area contributed by atoms with Gasteiger partial charge in [0.05, 0.1) is 25.3 Å². The lowest BCUT2D eigenvalue weighted by atomic mass is 9.84. The van der Waals surface area contributed by atoms with Gasteiger partial charge in [0.15, 0.2) is 10.6 Å². The van der Waals surface area contributed by atoms with Crippen molar-refractivity contribution in [3.05, 3.63) is 40.7 Å². The van der Waals surface area contributed by atoms with Crippen molar-refractivity contribution in [1.82, 2.24) is 19.8 Å². The van der Waals surface area contributed by atoms with Crippen LogP contribution in [0.15, 0.2) is 29.9 Å². The molecule has 2 aromatic rings. The highest BCUT2D eigenvalue weighted by Gasteiger charge is 2.62. The van der Waals surface area contributed by atoms with Crippen LogP contribution in [0, 0.1) is 5.82 Å². The Balaban J connectivity index is 1.33. The summed E-state index contributed by atoms with van der Waals surface area (Å²) in [6.07, 6.45) is 2.44. The highest BCUT2D eigenvalue weighted by molar-refractivity contribution is 7.11. The number of amides is 2. The lowest BCUT2D eigenvalue weighted by molar-refractivity contribution is -0.00669. The molecule has 0 radical (unpaired) electrons. The van der Waals surface area contributed by atoms with E-state index in [2.05, 4.69) is 9.97 Å². The van der Waals surface area contributed by atoms with Gasteiger partial charge in [-0.25, -0.2) is 19.2 Å². The first-order chi connectivity index (χ1) is 13.1. The fourth-order valence-electron chi connectivity index (χ4n) is 3.99. The minimum absolute atomic E-state index is 0.115. The molecular weight excluding hydrogens is 373 g/mol. The number of anilines is 1. The van der Waals surface area contributed by atoms with Crippen LogP contribution in [-0.2, 0) is 4.74 Å². The van der Waals surface area contributed by atoms with E-state index in [0.29, 0.717) is 43.5 Å². The molecule has 10 heteroatoms. The fraction of sp³-hybridized carbons (Fsp3) is 0.412. The van der Waals surface area contributed by atoms with Crippen molar-refractivity contribution in [2.24, 2.45) is 0 Å². The van der Waals surface area contributed by atoms with Crippen LogP contribution in [0.5, 0.6) is 0 Å². The molecule has 0 N–H and O–H groups in total. The second kappa shape index (κ2) is 5.88. The average molecular weight is 389 g/mol. The Kier molecular flexibility index (Phi) is 3.58. The molecule has 1 unspecified atom stereocenters. The van der Waals surface area contributed by atoms with Crippen molar-refractivity contribution in [3.8, 4) is 0 Å². The zero-order chi connectivity index (χ0) is 18.6. The smallest absolute Gasteiger partial charge is 0.411 e. The van der Waals surface area contributed by atoms with Crippen molar-refractivity contribution in [2.75, 3.05) is 37.6 Å². The largest absolute Gasteiger partial charge is 0.437 e. The summed E-state index contributed by atoms with van der Waals surface area (Å²) in [6.45, 7) is 2.25. The molecule has 8 nitrogen and oxygen atoms in total. The van der Waals surface area contributed by atoms with E-state index in [-0.39, 0.29) is 18.0 Å². The van der Waals surface area contributed by atoms with Crippen LogP contribution in [0.3, 0.4) is 0 Å². The van der Waals surface area contributed by atoms with Crippen molar-refractivity contribution >= 4 is 29.2 Å². The molecule has 3 fully saturated rings. The molecule has 1 spiro atoms. The first-order valence-electron chi connectivity index (χ1n) is 8.61. The number of rotatable bonds is 2. The monoisotopic (exact) mass is 389 g/mol. The van der Waals surface area contributed by atoms with Crippen molar-refractivity contribution in [2.45, 2.75) is 11.6 Å². The number of aromatic nitrogens is 2. The van der Waals surface area contributed by atoms with Crippen LogP contribution in [0.1, 0.15) is 9.80 Å². The molecular formula is C17H16FN5O3S. The van der Waals surface area contributed by atoms with Crippen LogP contribution in [0.4, 0.5) is 15.0 Å². The number of carbonyl (C=O) groups is 2. The number of thiazole rings is 1. The lowest BCUT2D eigenvalue weighted by Crippen LogP contribution is -2.71. The summed E-state index contributed by atoms with van der Waals surface area (Å²) in [6, 6.07) is 2.75. The molecule has 3 aliphatic rings. The molecule has 5 heterocycles. The number of piperazine rings is 1. The van der Waals surface area contributed by atoms with Gasteiger partial charge in [0.25, 0.3) is 5.91 Å². The van der Waals surface area contributed by atoms with Crippen LogP contribution >= 0.6 is 11.3 Å². The summed E-state index contributed by atoms with van der Waals surface area (Å²) in [7, 11) is 0. The number of pyridine rings is 1. The van der Waals surface area contributed by atoms with Gasteiger partial charge in [-0.05, 0) is 12.1 Å². The Morgan fingerprint density at radius 3 is 2.85 bits per heavy atom. The molecule has 0 saturated carbocycles. The number of hydrogen-bond acceptors (Lipinski definition) is 7. The standard InChI is InChI=1S/C17H16FN5O3S/c18-11-1-2-13(20-7-11)22-9-17(10-22)12-8-21(4-5-23(12)16(25)26-17)15(24)14-19-3-6-27-14/h1-3,6-7,12H,4-5,8-10H2. The van der Waals surface area contributed by atoms with Gasteiger partial charge >= 0.3 is 6.09 Å². The number of nitrogens with zero attached hydrogens (tertiary/aromatic N) is 5. The van der Waals surface area contributed by atoms with E-state index in [0.717, 1.165) is 0 Å². The molecule has 2 amide bonds. The van der Waals surface area contributed by atoms with Crippen molar-refractivity contribution < 1.29 is 18.7 Å². The first kappa shape index (κ1) is 16.4. The topological polar surface area (TPSA) is 78.9 Å². The first-order valence-corrected chi connectivity index (χ1v) is 9.49. The number of ether oxygens (including phenoxy) is 1. The Morgan fingerprint density at radius 1 is 1.30 bits per heavy atom. The van der Waals surface area contributed by atoms with E-state index in [1.807, 2.05) is 4.90 Å². The van der Waals surface area contributed by atoms with E-state index in [9.17, 15) is 14.0 Å². The van der Waals surface area contributed by atoms with Crippen LogP contribution < -0.4 is 4.90 Å². The zero-order valence-corrected chi connectivity index (χ0v) is 15.1. The third-order valence-electron chi connectivity index (χ3n) is 5.37. The summed E-state index contributed by atoms with van der Waals surface area (Å²) in [5.41, 5.74) is -0.672. The molecule has 140 valence electrons. The Morgan fingerprint density at radius 2 is 2.15 bits per heavy atom. The van der Waals surface area contributed by atoms with E-state index in [1.165, 1.54) is 23.6 Å². The number of halogens is 1. The molecule has 3 aliphatic heterocycles. The van der Waals surface area contributed by atoms with Gasteiger partial charge in [0.2, 0.25) is 0 Å². The normalized spacial score (nSPS) is 23.2. The van der Waals surface area contributed by atoms with Crippen molar-refractivity contribution in [3.63, 3.8) is 0 Å². The zero-order valence-electron chi connectivity index (χ0n) is 14.2. The van der Waals surface area contributed by atoms with Gasteiger partial charge < -0.3 is 14.5 Å². The fourth-order valence-corrected chi connectivity index (χ4v) is 4.60. The number of fused-ring (bicyclic) bond motifs is 2. The molecule has 3 saturated heterocycles. The maximum atomic E-state index is 13.1. The van der Waals surface area contributed by atoms with Crippen molar-refractivity contribution in [1.29, 1.82) is 0 Å². The molecule has 5 rings (SSSR count). The van der Waals surface area contributed by atoms with Gasteiger partial charge in [0, 0.05) is 31.2 Å². The second-order valence-electron chi connectivity index (χ2n) is 6.92. The second-order valence-corrected chi connectivity index (χ2v) is 7.82. The minimum Gasteiger partial charge on any atom is -0.437 e. The van der Waals surface area contributed by atoms with Gasteiger partial charge in [0.1, 0.15) is 11.6 Å². The van der Waals surface area contributed by atoms with Gasteiger partial charge in [-0.15, -0.1) is 11.3 Å². The number of carbonyl (C=O) groups excluding carboxylic acids is 2. The molecule has 0 aliphatic carbocycles. The summed E-state index contributed by atoms with van der Waals surface area (Å²) >= 11 is 1.31. The Bertz CT molecular complexity index is 884. The highest BCUT2D eigenvalue weighted by atomic mass is 32.1. The van der Waals surface area contributed by atoms with Crippen LogP contribution in [-0.4, -0.2) is 76.1 Å². The maximum absolute atomic E-state index is 13.1. The SMILES string of the molecule is O=C(c1nccs1)N1CCN2C(=O)OC3(CN(c4ccc(F)cn4)C3)C2C1. The molecule has 1 atom stereocenters. The predicted molar refractivity (Wildman–Crippen MR) is 94.1 cm³/mol. The van der Waals surface area contributed by atoms with Gasteiger partial charge in [-0.2, -0.15) is 0 Å². The minimum atomic E-state index is -0.672. The quantitative estimate of drug-likeness (QED) is 0.768. The molecule has 2 aromatic heterocycles. The summed E-state index contributed by atoms with van der Waals surface area (Å²) in [5.74, 6) is 0.134. The maximum Gasteiger partial charge on any atom is 0.411 e. The molecule has 0 bridgehead atoms. The average Bonchev–Trinajstić information content (AvgIpc) is 3.27. The molecule has 27 heavy (non-hydrogen) atoms.